The van der Waals surface area contributed by atoms with Gasteiger partial charge in [-0.3, -0.25) is 13.9 Å². The van der Waals surface area contributed by atoms with Gasteiger partial charge in [-0.05, 0) is 65.1 Å². The maximum absolute atomic E-state index is 15.2. The SMILES string of the molecule is Cc1c(Nc2ccc(S(=O)(=O)N3CCN(C)CC3)cc2F)nc2ccc(-c3cnn(C4CN(C(=O)OC(C)(C)C)C4)c3)cn2c1=O. The number of hydrogen-bond acceptors (Lipinski definition) is 9. The molecule has 46 heavy (non-hydrogen) atoms. The average Bonchev–Trinajstić information content (AvgIpc) is 3.44. The number of carbonyl (C=O) groups excluding carboxylic acids is 1. The zero-order valence-electron chi connectivity index (χ0n) is 26.4. The van der Waals surface area contributed by atoms with Crippen molar-refractivity contribution in [3.8, 4) is 11.1 Å². The van der Waals surface area contributed by atoms with E-state index >= 15 is 4.39 Å². The minimum absolute atomic E-state index is 0.00180. The van der Waals surface area contributed by atoms with Crippen LogP contribution in [0.1, 0.15) is 32.4 Å². The van der Waals surface area contributed by atoms with E-state index in [1.54, 1.807) is 35.0 Å². The number of rotatable bonds is 6. The summed E-state index contributed by atoms with van der Waals surface area (Å²) in [4.78, 5) is 33.7. The number of benzene rings is 1. The molecule has 13 nitrogen and oxygen atoms in total. The van der Waals surface area contributed by atoms with Crippen molar-refractivity contribution in [2.45, 2.75) is 44.2 Å². The van der Waals surface area contributed by atoms with Gasteiger partial charge in [-0.2, -0.15) is 9.40 Å². The molecule has 0 saturated carbocycles. The van der Waals surface area contributed by atoms with Gasteiger partial charge in [-0.1, -0.05) is 0 Å². The number of pyridine rings is 1. The summed E-state index contributed by atoms with van der Waals surface area (Å²) in [5.74, 6) is -0.608. The molecule has 2 aliphatic rings. The smallest absolute Gasteiger partial charge is 0.410 e. The van der Waals surface area contributed by atoms with Crippen LogP contribution in [0.25, 0.3) is 16.8 Å². The number of carbonyl (C=O) groups is 1. The number of nitrogens with zero attached hydrogens (tertiary/aromatic N) is 7. The van der Waals surface area contributed by atoms with Gasteiger partial charge in [0.1, 0.15) is 22.9 Å². The van der Waals surface area contributed by atoms with E-state index in [-0.39, 0.29) is 39.7 Å². The van der Waals surface area contributed by atoms with Crippen LogP contribution in [0.3, 0.4) is 0 Å². The molecule has 0 radical (unpaired) electrons. The molecule has 1 amide bonds. The largest absolute Gasteiger partial charge is 0.444 e. The summed E-state index contributed by atoms with van der Waals surface area (Å²) in [5.41, 5.74) is 1.24. The molecule has 4 aromatic rings. The lowest BCUT2D eigenvalue weighted by Gasteiger charge is -2.39. The van der Waals surface area contributed by atoms with Crippen molar-refractivity contribution in [1.82, 2.24) is 33.3 Å². The molecule has 15 heteroatoms. The topological polar surface area (TPSA) is 134 Å². The number of sulfonamides is 1. The first-order chi connectivity index (χ1) is 21.7. The standard InChI is InChI=1S/C31H37FN8O5S/c1-20-28(34-26-8-7-24(14-25(26)32)46(43,44)38-12-10-36(5)11-13-38)35-27-9-6-21(16-39(27)29(20)41)22-15-33-40(17-22)23-18-37(19-23)30(42)45-31(2,3)4/h6-9,14-17,23,34H,10-13,18-19H2,1-5H3. The Hall–Kier alpha value is -4.34. The second-order valence-electron chi connectivity index (χ2n) is 12.8. The Bertz CT molecular complexity index is 1970. The van der Waals surface area contributed by atoms with Crippen molar-refractivity contribution in [2.75, 3.05) is 51.6 Å². The maximum Gasteiger partial charge on any atom is 0.410 e. The number of fused-ring (bicyclic) bond motifs is 1. The molecule has 0 bridgehead atoms. The highest BCUT2D eigenvalue weighted by molar-refractivity contribution is 7.89. The third kappa shape index (κ3) is 6.22. The van der Waals surface area contributed by atoms with Crippen molar-refractivity contribution in [3.05, 3.63) is 70.7 Å². The second kappa shape index (κ2) is 11.8. The van der Waals surface area contributed by atoms with E-state index in [0.717, 1.165) is 17.2 Å². The molecule has 0 atom stereocenters. The molecule has 1 N–H and O–H groups in total. The van der Waals surface area contributed by atoms with Crippen molar-refractivity contribution < 1.29 is 22.3 Å². The predicted octanol–water partition coefficient (Wildman–Crippen LogP) is 3.48. The summed E-state index contributed by atoms with van der Waals surface area (Å²) in [5, 5.41) is 7.34. The van der Waals surface area contributed by atoms with Crippen molar-refractivity contribution in [2.24, 2.45) is 0 Å². The fraction of sp³-hybridized carbons (Fsp3) is 0.419. The van der Waals surface area contributed by atoms with Gasteiger partial charge in [0.15, 0.2) is 0 Å². The van der Waals surface area contributed by atoms with Crippen LogP contribution in [0.5, 0.6) is 0 Å². The third-order valence-corrected chi connectivity index (χ3v) is 10.1. The molecular weight excluding hydrogens is 615 g/mol. The summed E-state index contributed by atoms with van der Waals surface area (Å²) in [6.45, 7) is 9.93. The number of aromatic nitrogens is 4. The molecule has 2 aliphatic heterocycles. The first-order valence-electron chi connectivity index (χ1n) is 15.0. The number of anilines is 2. The zero-order chi connectivity index (χ0) is 33.0. The van der Waals surface area contributed by atoms with Crippen LogP contribution in [0, 0.1) is 12.7 Å². The quantitative estimate of drug-likeness (QED) is 0.332. The number of amides is 1. The molecule has 0 aliphatic carbocycles. The van der Waals surface area contributed by atoms with Crippen molar-refractivity contribution in [1.29, 1.82) is 0 Å². The van der Waals surface area contributed by atoms with Crippen LogP contribution in [0.15, 0.2) is 58.6 Å². The number of piperazine rings is 1. The molecule has 5 heterocycles. The lowest BCUT2D eigenvalue weighted by Crippen LogP contribution is -2.52. The number of hydrogen-bond donors (Lipinski definition) is 1. The van der Waals surface area contributed by atoms with E-state index in [4.69, 9.17) is 4.74 Å². The Morgan fingerprint density at radius 1 is 1.04 bits per heavy atom. The Labute approximate surface area is 266 Å². The highest BCUT2D eigenvalue weighted by Gasteiger charge is 2.35. The van der Waals surface area contributed by atoms with Gasteiger partial charge in [-0.15, -0.1) is 0 Å². The Morgan fingerprint density at radius 3 is 2.43 bits per heavy atom. The van der Waals surface area contributed by atoms with Crippen LogP contribution >= 0.6 is 0 Å². The normalized spacial score (nSPS) is 16.9. The summed E-state index contributed by atoms with van der Waals surface area (Å²) in [6.07, 6.45) is 4.90. The zero-order valence-corrected chi connectivity index (χ0v) is 27.2. The molecule has 1 aromatic carbocycles. The fourth-order valence-electron chi connectivity index (χ4n) is 5.37. The van der Waals surface area contributed by atoms with E-state index in [1.807, 2.05) is 45.0 Å². The third-order valence-electron chi connectivity index (χ3n) is 8.16. The molecule has 0 unspecified atom stereocenters. The van der Waals surface area contributed by atoms with Gasteiger partial charge in [0.05, 0.1) is 28.4 Å². The van der Waals surface area contributed by atoms with Gasteiger partial charge in [0.25, 0.3) is 5.56 Å². The van der Waals surface area contributed by atoms with Crippen molar-refractivity contribution >= 4 is 33.3 Å². The van der Waals surface area contributed by atoms with Gasteiger partial charge in [0.2, 0.25) is 10.0 Å². The summed E-state index contributed by atoms with van der Waals surface area (Å²) < 4.78 is 51.3. The number of ether oxygens (including phenoxy) is 1. The van der Waals surface area contributed by atoms with E-state index in [2.05, 4.69) is 15.4 Å². The van der Waals surface area contributed by atoms with Crippen LogP contribution < -0.4 is 10.9 Å². The Morgan fingerprint density at radius 2 is 1.76 bits per heavy atom. The minimum Gasteiger partial charge on any atom is -0.444 e. The van der Waals surface area contributed by atoms with Crippen LogP contribution in [0.4, 0.5) is 20.7 Å². The summed E-state index contributed by atoms with van der Waals surface area (Å²) in [7, 11) is -1.91. The van der Waals surface area contributed by atoms with E-state index in [9.17, 15) is 18.0 Å². The lowest BCUT2D eigenvalue weighted by molar-refractivity contribution is -0.000387. The highest BCUT2D eigenvalue weighted by Crippen LogP contribution is 2.28. The second-order valence-corrected chi connectivity index (χ2v) is 14.7. The van der Waals surface area contributed by atoms with Gasteiger partial charge < -0.3 is 19.9 Å². The lowest BCUT2D eigenvalue weighted by atomic mass is 10.1. The summed E-state index contributed by atoms with van der Waals surface area (Å²) >= 11 is 0. The molecule has 3 aromatic heterocycles. The highest BCUT2D eigenvalue weighted by atomic mass is 32.2. The first kappa shape index (κ1) is 31.6. The average molecular weight is 653 g/mol. The summed E-state index contributed by atoms with van der Waals surface area (Å²) in [6, 6.07) is 7.21. The molecule has 0 spiro atoms. The van der Waals surface area contributed by atoms with E-state index in [0.29, 0.717) is 44.9 Å². The van der Waals surface area contributed by atoms with E-state index < -0.39 is 21.4 Å². The van der Waals surface area contributed by atoms with Gasteiger partial charge in [-0.25, -0.2) is 22.6 Å². The van der Waals surface area contributed by atoms with Crippen LogP contribution in [-0.4, -0.2) is 99.7 Å². The monoisotopic (exact) mass is 652 g/mol. The number of likely N-dealkylation sites (tertiary alicyclic amines) is 1. The first-order valence-corrected chi connectivity index (χ1v) is 16.4. The van der Waals surface area contributed by atoms with Crippen LogP contribution in [0.2, 0.25) is 0 Å². The molecule has 244 valence electrons. The minimum atomic E-state index is -3.84. The van der Waals surface area contributed by atoms with Gasteiger partial charge in [0, 0.05) is 62.8 Å². The van der Waals surface area contributed by atoms with Crippen molar-refractivity contribution in [3.63, 3.8) is 0 Å². The fourth-order valence-corrected chi connectivity index (χ4v) is 6.80. The van der Waals surface area contributed by atoms with E-state index in [1.165, 1.54) is 20.8 Å². The molecular formula is C31H37FN8O5S. The predicted molar refractivity (Wildman–Crippen MR) is 170 cm³/mol. The Kier molecular flexibility index (Phi) is 8.11. The Balaban J connectivity index is 1.18. The molecule has 2 saturated heterocycles. The van der Waals surface area contributed by atoms with Gasteiger partial charge >= 0.3 is 6.09 Å². The molecule has 2 fully saturated rings. The number of likely N-dealkylation sites (N-methyl/N-ethyl adjacent to an activating group) is 1. The number of halogens is 1. The maximum atomic E-state index is 15.2. The van der Waals surface area contributed by atoms with Crippen LogP contribution in [-0.2, 0) is 14.8 Å². The molecule has 6 rings (SSSR count). The number of nitrogens with one attached hydrogen (secondary N) is 1.